The van der Waals surface area contributed by atoms with E-state index in [1.165, 1.54) is 5.56 Å². The van der Waals surface area contributed by atoms with E-state index in [4.69, 9.17) is 16.7 Å². The zero-order chi connectivity index (χ0) is 14.5. The van der Waals surface area contributed by atoms with E-state index in [9.17, 15) is 4.79 Å². The van der Waals surface area contributed by atoms with Crippen LogP contribution in [0.5, 0.6) is 0 Å². The zero-order valence-corrected chi connectivity index (χ0v) is 13.2. The summed E-state index contributed by atoms with van der Waals surface area (Å²) < 4.78 is 0. The molecule has 5 heteroatoms. The van der Waals surface area contributed by atoms with Crippen LogP contribution in [0.15, 0.2) is 24.3 Å². The molecule has 1 fully saturated rings. The third-order valence-electron chi connectivity index (χ3n) is 3.73. The largest absolute Gasteiger partial charge is 0.481 e. The van der Waals surface area contributed by atoms with Crippen LogP contribution < -0.4 is 0 Å². The van der Waals surface area contributed by atoms with E-state index >= 15 is 0 Å². The van der Waals surface area contributed by atoms with Crippen LogP contribution in [0, 0.1) is 0 Å². The Morgan fingerprint density at radius 2 is 2.20 bits per heavy atom. The highest BCUT2D eigenvalue weighted by molar-refractivity contribution is 7.99. The minimum Gasteiger partial charge on any atom is -0.481 e. The Kier molecular flexibility index (Phi) is 5.75. The Labute approximate surface area is 129 Å². The number of carboxylic acids is 1. The molecule has 0 spiro atoms. The first kappa shape index (κ1) is 15.7. The number of rotatable bonds is 5. The SMILES string of the molecule is CCC(c1ccc(Cl)cc1)N1CCSCC1CC(=O)O. The number of hydrogen-bond acceptors (Lipinski definition) is 3. The van der Waals surface area contributed by atoms with Crippen molar-refractivity contribution in [1.82, 2.24) is 4.90 Å². The van der Waals surface area contributed by atoms with Crippen LogP contribution in [-0.4, -0.2) is 40.1 Å². The number of thioether (sulfide) groups is 1. The molecule has 0 bridgehead atoms. The summed E-state index contributed by atoms with van der Waals surface area (Å²) in [4.78, 5) is 13.4. The van der Waals surface area contributed by atoms with Gasteiger partial charge in [0.25, 0.3) is 0 Å². The van der Waals surface area contributed by atoms with E-state index in [0.29, 0.717) is 0 Å². The number of carboxylic acid groups (broad SMARTS) is 1. The quantitative estimate of drug-likeness (QED) is 0.900. The van der Waals surface area contributed by atoms with Crippen LogP contribution in [-0.2, 0) is 4.79 Å². The lowest BCUT2D eigenvalue weighted by Crippen LogP contribution is -2.45. The Balaban J connectivity index is 2.19. The number of hydrogen-bond donors (Lipinski definition) is 1. The van der Waals surface area contributed by atoms with Crippen molar-refractivity contribution in [2.45, 2.75) is 31.8 Å². The first-order chi connectivity index (χ1) is 9.61. The highest BCUT2D eigenvalue weighted by Crippen LogP contribution is 2.32. The summed E-state index contributed by atoms with van der Waals surface area (Å²) in [6.45, 7) is 3.10. The predicted molar refractivity (Wildman–Crippen MR) is 84.6 cm³/mol. The lowest BCUT2D eigenvalue weighted by molar-refractivity contribution is -0.138. The van der Waals surface area contributed by atoms with Crippen LogP contribution in [0.25, 0.3) is 0 Å². The van der Waals surface area contributed by atoms with Gasteiger partial charge in [-0.05, 0) is 24.1 Å². The van der Waals surface area contributed by atoms with Crippen LogP contribution in [0.4, 0.5) is 0 Å². The first-order valence-corrected chi connectivity index (χ1v) is 8.45. The molecule has 2 unspecified atom stereocenters. The molecule has 0 aromatic heterocycles. The average Bonchev–Trinajstić information content (AvgIpc) is 2.43. The number of nitrogens with zero attached hydrogens (tertiary/aromatic N) is 1. The fourth-order valence-corrected chi connectivity index (χ4v) is 4.02. The number of benzene rings is 1. The van der Waals surface area contributed by atoms with E-state index < -0.39 is 5.97 Å². The van der Waals surface area contributed by atoms with E-state index in [-0.39, 0.29) is 18.5 Å². The molecule has 1 heterocycles. The minimum absolute atomic E-state index is 0.117. The fourth-order valence-electron chi connectivity index (χ4n) is 2.80. The molecular formula is C15H20ClNO2S. The van der Waals surface area contributed by atoms with Crippen molar-refractivity contribution in [2.24, 2.45) is 0 Å². The lowest BCUT2D eigenvalue weighted by atomic mass is 10.00. The van der Waals surface area contributed by atoms with Crippen molar-refractivity contribution in [1.29, 1.82) is 0 Å². The van der Waals surface area contributed by atoms with Crippen molar-refractivity contribution in [3.05, 3.63) is 34.9 Å². The van der Waals surface area contributed by atoms with Gasteiger partial charge in [-0.15, -0.1) is 0 Å². The van der Waals surface area contributed by atoms with Crippen molar-refractivity contribution < 1.29 is 9.90 Å². The first-order valence-electron chi connectivity index (χ1n) is 6.92. The minimum atomic E-state index is -0.714. The van der Waals surface area contributed by atoms with Crippen molar-refractivity contribution >= 4 is 29.3 Å². The average molecular weight is 314 g/mol. The van der Waals surface area contributed by atoms with Gasteiger partial charge in [0.2, 0.25) is 0 Å². The standard InChI is InChI=1S/C15H20ClNO2S/c1-2-14(11-3-5-12(16)6-4-11)17-7-8-20-10-13(17)9-15(18)19/h3-6,13-14H,2,7-10H2,1H3,(H,18,19). The maximum Gasteiger partial charge on any atom is 0.304 e. The molecule has 1 saturated heterocycles. The van der Waals surface area contributed by atoms with Gasteiger partial charge in [0.15, 0.2) is 0 Å². The Morgan fingerprint density at radius 3 is 2.80 bits per heavy atom. The monoisotopic (exact) mass is 313 g/mol. The molecule has 0 radical (unpaired) electrons. The van der Waals surface area contributed by atoms with Gasteiger partial charge in [0.1, 0.15) is 0 Å². The van der Waals surface area contributed by atoms with Crippen LogP contribution in [0.2, 0.25) is 5.02 Å². The fraction of sp³-hybridized carbons (Fsp3) is 0.533. The van der Waals surface area contributed by atoms with E-state index in [1.807, 2.05) is 23.9 Å². The normalized spacial score (nSPS) is 21.6. The maximum atomic E-state index is 11.1. The molecular weight excluding hydrogens is 294 g/mol. The van der Waals surface area contributed by atoms with E-state index in [1.54, 1.807) is 0 Å². The molecule has 0 saturated carbocycles. The van der Waals surface area contributed by atoms with Crippen LogP contribution in [0.1, 0.15) is 31.4 Å². The third-order valence-corrected chi connectivity index (χ3v) is 5.07. The van der Waals surface area contributed by atoms with Crippen LogP contribution >= 0.6 is 23.4 Å². The Hall–Kier alpha value is -0.710. The second-order valence-electron chi connectivity index (χ2n) is 5.04. The molecule has 1 aromatic carbocycles. The summed E-state index contributed by atoms with van der Waals surface area (Å²) in [6.07, 6.45) is 1.19. The van der Waals surface area contributed by atoms with E-state index in [2.05, 4.69) is 24.0 Å². The van der Waals surface area contributed by atoms with Crippen molar-refractivity contribution in [3.8, 4) is 0 Å². The molecule has 1 aromatic rings. The topological polar surface area (TPSA) is 40.5 Å². The molecule has 1 aliphatic rings. The van der Waals surface area contributed by atoms with Gasteiger partial charge in [0, 0.05) is 35.2 Å². The van der Waals surface area contributed by atoms with Crippen LogP contribution in [0.3, 0.4) is 0 Å². The van der Waals surface area contributed by atoms with Crippen molar-refractivity contribution in [3.63, 3.8) is 0 Å². The smallest absolute Gasteiger partial charge is 0.304 e. The second kappa shape index (κ2) is 7.34. The van der Waals surface area contributed by atoms with Gasteiger partial charge >= 0.3 is 5.97 Å². The van der Waals surface area contributed by atoms with Gasteiger partial charge in [-0.25, -0.2) is 0 Å². The summed E-state index contributed by atoms with van der Waals surface area (Å²) in [7, 11) is 0. The molecule has 110 valence electrons. The molecule has 0 aliphatic carbocycles. The summed E-state index contributed by atoms with van der Waals surface area (Å²) in [5, 5.41) is 9.83. The van der Waals surface area contributed by atoms with E-state index in [0.717, 1.165) is 29.5 Å². The number of carbonyl (C=O) groups is 1. The van der Waals surface area contributed by atoms with Gasteiger partial charge in [-0.1, -0.05) is 30.7 Å². The van der Waals surface area contributed by atoms with Gasteiger partial charge in [0.05, 0.1) is 6.42 Å². The molecule has 1 N–H and O–H groups in total. The lowest BCUT2D eigenvalue weighted by Gasteiger charge is -2.40. The second-order valence-corrected chi connectivity index (χ2v) is 6.63. The highest BCUT2D eigenvalue weighted by atomic mass is 35.5. The van der Waals surface area contributed by atoms with Gasteiger partial charge < -0.3 is 5.11 Å². The zero-order valence-electron chi connectivity index (χ0n) is 11.6. The number of halogens is 1. The molecule has 2 atom stereocenters. The maximum absolute atomic E-state index is 11.1. The highest BCUT2D eigenvalue weighted by Gasteiger charge is 2.30. The van der Waals surface area contributed by atoms with Gasteiger partial charge in [-0.2, -0.15) is 11.8 Å². The van der Waals surface area contributed by atoms with Gasteiger partial charge in [-0.3, -0.25) is 9.69 Å². The summed E-state index contributed by atoms with van der Waals surface area (Å²) >= 11 is 7.80. The molecule has 2 rings (SSSR count). The predicted octanol–water partition coefficient (Wildman–Crippen LogP) is 3.68. The Bertz CT molecular complexity index is 452. The Morgan fingerprint density at radius 1 is 1.50 bits per heavy atom. The molecule has 1 aliphatic heterocycles. The third kappa shape index (κ3) is 3.90. The molecule has 0 amide bonds. The molecule has 3 nitrogen and oxygen atoms in total. The number of aliphatic carboxylic acids is 1. The summed E-state index contributed by atoms with van der Waals surface area (Å²) in [5.41, 5.74) is 1.22. The molecule has 20 heavy (non-hydrogen) atoms. The summed E-state index contributed by atoms with van der Waals surface area (Å²) in [6, 6.07) is 8.31. The van der Waals surface area contributed by atoms with Crippen molar-refractivity contribution in [2.75, 3.05) is 18.1 Å². The summed E-state index contributed by atoms with van der Waals surface area (Å²) in [5.74, 6) is 1.25.